The van der Waals surface area contributed by atoms with Gasteiger partial charge in [0.15, 0.2) is 0 Å². The van der Waals surface area contributed by atoms with Crippen molar-refractivity contribution in [3.8, 4) is 17.5 Å². The van der Waals surface area contributed by atoms with Crippen molar-refractivity contribution in [3.05, 3.63) is 29.8 Å². The van der Waals surface area contributed by atoms with Crippen molar-refractivity contribution in [1.82, 2.24) is 25.7 Å². The number of aromatic nitrogens is 2. The largest absolute Gasteiger partial charge is 0.356 e. The van der Waals surface area contributed by atoms with Crippen LogP contribution in [0.15, 0.2) is 28.8 Å². The summed E-state index contributed by atoms with van der Waals surface area (Å²) in [6.07, 6.45) is 5.38. The molecule has 1 aromatic carbocycles. The first-order chi connectivity index (χ1) is 17.2. The van der Waals surface area contributed by atoms with Gasteiger partial charge in [-0.3, -0.25) is 4.79 Å². The van der Waals surface area contributed by atoms with Gasteiger partial charge in [-0.15, -0.1) is 12.4 Å². The highest BCUT2D eigenvalue weighted by Gasteiger charge is 2.29. The topological polar surface area (TPSA) is 110 Å². The van der Waals surface area contributed by atoms with Crippen LogP contribution in [0.4, 0.5) is 6.01 Å². The summed E-state index contributed by atoms with van der Waals surface area (Å²) < 4.78 is 5.48. The molecule has 36 heavy (non-hydrogen) atoms. The zero-order valence-electron chi connectivity index (χ0n) is 20.7. The minimum Gasteiger partial charge on any atom is -0.356 e. The van der Waals surface area contributed by atoms with Gasteiger partial charge in [-0.1, -0.05) is 5.16 Å². The van der Waals surface area contributed by atoms with Gasteiger partial charge in [0.05, 0.1) is 11.6 Å². The van der Waals surface area contributed by atoms with Gasteiger partial charge in [-0.25, -0.2) is 0 Å². The van der Waals surface area contributed by atoms with Crippen molar-refractivity contribution < 1.29 is 9.32 Å². The molecule has 10 heteroatoms. The molecule has 0 radical (unpaired) electrons. The van der Waals surface area contributed by atoms with Crippen LogP contribution in [-0.2, 0) is 4.79 Å². The number of halogens is 1. The molecule has 3 fully saturated rings. The zero-order valence-corrected chi connectivity index (χ0v) is 21.5. The van der Waals surface area contributed by atoms with Gasteiger partial charge in [0.1, 0.15) is 0 Å². The first-order valence-corrected chi connectivity index (χ1v) is 13.0. The number of carbonyl (C=O) groups excluding carboxylic acids is 1. The molecule has 2 atom stereocenters. The van der Waals surface area contributed by atoms with E-state index in [0.717, 1.165) is 63.6 Å². The molecule has 3 aliphatic rings. The summed E-state index contributed by atoms with van der Waals surface area (Å²) in [5.41, 5.74) is 1.41. The Morgan fingerprint density at radius 3 is 2.67 bits per heavy atom. The number of nitrogens with one attached hydrogen (secondary N) is 2. The van der Waals surface area contributed by atoms with Gasteiger partial charge in [-0.05, 0) is 87.8 Å². The maximum Gasteiger partial charge on any atom is 0.324 e. The lowest BCUT2D eigenvalue weighted by Gasteiger charge is -2.30. The molecule has 3 aliphatic heterocycles. The third-order valence-corrected chi connectivity index (χ3v) is 7.67. The highest BCUT2D eigenvalue weighted by atomic mass is 35.5. The van der Waals surface area contributed by atoms with E-state index in [2.05, 4.69) is 36.6 Å². The molecular weight excluding hydrogens is 478 g/mol. The van der Waals surface area contributed by atoms with E-state index in [9.17, 15) is 4.79 Å². The van der Waals surface area contributed by atoms with Gasteiger partial charge < -0.3 is 25.0 Å². The number of amides is 1. The monoisotopic (exact) mass is 513 g/mol. The maximum atomic E-state index is 12.8. The van der Waals surface area contributed by atoms with E-state index >= 15 is 0 Å². The summed E-state index contributed by atoms with van der Waals surface area (Å²) in [5.74, 6) is 2.08. The molecule has 2 N–H and O–H groups in total. The number of hydrogen-bond acceptors (Lipinski definition) is 8. The van der Waals surface area contributed by atoms with Crippen LogP contribution in [0.5, 0.6) is 0 Å². The van der Waals surface area contributed by atoms with E-state index in [1.807, 2.05) is 12.1 Å². The minimum absolute atomic E-state index is 0. The van der Waals surface area contributed by atoms with Gasteiger partial charge in [0.25, 0.3) is 0 Å². The summed E-state index contributed by atoms with van der Waals surface area (Å²) in [6, 6.07) is 9.72. The third kappa shape index (κ3) is 6.55. The summed E-state index contributed by atoms with van der Waals surface area (Å²) in [4.78, 5) is 22.0. The van der Waals surface area contributed by atoms with Crippen molar-refractivity contribution in [2.24, 2.45) is 17.8 Å². The fraction of sp³-hybridized carbons (Fsp3) is 0.615. The number of hydrogen-bond donors (Lipinski definition) is 2. The smallest absolute Gasteiger partial charge is 0.324 e. The molecule has 0 spiro atoms. The van der Waals surface area contributed by atoms with Crippen LogP contribution in [-0.4, -0.2) is 73.3 Å². The van der Waals surface area contributed by atoms with Crippen molar-refractivity contribution in [2.45, 2.75) is 32.1 Å². The Morgan fingerprint density at radius 1 is 1.14 bits per heavy atom. The number of rotatable bonds is 7. The number of likely N-dealkylation sites (tertiary alicyclic amines) is 1. The van der Waals surface area contributed by atoms with E-state index in [1.165, 1.54) is 32.4 Å². The van der Waals surface area contributed by atoms with Crippen molar-refractivity contribution in [2.75, 3.05) is 57.3 Å². The maximum absolute atomic E-state index is 12.8. The summed E-state index contributed by atoms with van der Waals surface area (Å²) in [6.45, 7) is 8.00. The quantitative estimate of drug-likeness (QED) is 0.581. The molecule has 1 unspecified atom stereocenters. The molecule has 0 bridgehead atoms. The standard InChI is InChI=1S/C26H35N7O2.ClH/c27-14-19-3-5-22(6-4-19)24-30-26(35-31-24)33-12-8-23(9-13-33)25(34)29-16-21-7-11-32(18-21)17-20-2-1-10-28-15-20;/h3-6,20-21,23,28H,1-2,7-13,15-18H2,(H,29,34);1H/t20-,21?;/m0./s1. The molecule has 194 valence electrons. The van der Waals surface area contributed by atoms with E-state index in [-0.39, 0.29) is 24.2 Å². The van der Waals surface area contributed by atoms with Crippen LogP contribution in [0.1, 0.15) is 37.7 Å². The third-order valence-electron chi connectivity index (χ3n) is 7.67. The highest BCUT2D eigenvalue weighted by Crippen LogP contribution is 2.25. The Hall–Kier alpha value is -2.67. The average Bonchev–Trinajstić information content (AvgIpc) is 3.58. The average molecular weight is 514 g/mol. The highest BCUT2D eigenvalue weighted by molar-refractivity contribution is 5.85. The second-order valence-corrected chi connectivity index (χ2v) is 10.2. The second kappa shape index (κ2) is 12.5. The van der Waals surface area contributed by atoms with Crippen LogP contribution in [0.2, 0.25) is 0 Å². The van der Waals surface area contributed by atoms with Gasteiger partial charge >= 0.3 is 6.01 Å². The molecule has 4 heterocycles. The van der Waals surface area contributed by atoms with E-state index in [1.54, 1.807) is 12.1 Å². The SMILES string of the molecule is Cl.N#Cc1ccc(-c2noc(N3CCC(C(=O)NCC4CCN(C[C@H]5CCCNC5)C4)CC3)n2)cc1. The molecule has 0 aliphatic carbocycles. The lowest BCUT2D eigenvalue weighted by atomic mass is 9.96. The fourth-order valence-corrected chi connectivity index (χ4v) is 5.57. The second-order valence-electron chi connectivity index (χ2n) is 10.2. The van der Waals surface area contributed by atoms with E-state index in [0.29, 0.717) is 23.3 Å². The van der Waals surface area contributed by atoms with E-state index in [4.69, 9.17) is 9.78 Å². The summed E-state index contributed by atoms with van der Waals surface area (Å²) in [5, 5.41) is 19.8. The molecule has 1 amide bonds. The van der Waals surface area contributed by atoms with Crippen LogP contribution < -0.4 is 15.5 Å². The van der Waals surface area contributed by atoms with Crippen molar-refractivity contribution in [1.29, 1.82) is 5.26 Å². The normalized spacial score (nSPS) is 23.1. The van der Waals surface area contributed by atoms with Crippen LogP contribution in [0.3, 0.4) is 0 Å². The first kappa shape index (κ1) is 26.4. The lowest BCUT2D eigenvalue weighted by Crippen LogP contribution is -2.42. The molecular formula is C26H36ClN7O2. The number of nitrogens with zero attached hydrogens (tertiary/aromatic N) is 5. The van der Waals surface area contributed by atoms with Gasteiger partial charge in [0, 0.05) is 44.2 Å². The predicted molar refractivity (Wildman–Crippen MR) is 140 cm³/mol. The van der Waals surface area contributed by atoms with Crippen LogP contribution >= 0.6 is 12.4 Å². The molecule has 3 saturated heterocycles. The van der Waals surface area contributed by atoms with Crippen molar-refractivity contribution in [3.63, 3.8) is 0 Å². The predicted octanol–water partition coefficient (Wildman–Crippen LogP) is 2.68. The number of anilines is 1. The fourth-order valence-electron chi connectivity index (χ4n) is 5.57. The van der Waals surface area contributed by atoms with Crippen molar-refractivity contribution >= 4 is 24.3 Å². The molecule has 1 aromatic heterocycles. The lowest BCUT2D eigenvalue weighted by molar-refractivity contribution is -0.125. The Morgan fingerprint density at radius 2 is 1.94 bits per heavy atom. The number of piperidine rings is 2. The summed E-state index contributed by atoms with van der Waals surface area (Å²) in [7, 11) is 0. The number of benzene rings is 1. The Bertz CT molecular complexity index is 1020. The molecule has 9 nitrogen and oxygen atoms in total. The number of carbonyl (C=O) groups is 1. The van der Waals surface area contributed by atoms with E-state index < -0.39 is 0 Å². The molecule has 2 aromatic rings. The molecule has 0 saturated carbocycles. The van der Waals surface area contributed by atoms with Gasteiger partial charge in [-0.2, -0.15) is 10.2 Å². The minimum atomic E-state index is 0. The van der Waals surface area contributed by atoms with Crippen LogP contribution in [0.25, 0.3) is 11.4 Å². The number of nitriles is 1. The van der Waals surface area contributed by atoms with Gasteiger partial charge in [0.2, 0.25) is 11.7 Å². The summed E-state index contributed by atoms with van der Waals surface area (Å²) >= 11 is 0. The Labute approximate surface area is 219 Å². The van der Waals surface area contributed by atoms with Crippen LogP contribution in [0, 0.1) is 29.1 Å². The molecule has 5 rings (SSSR count). The zero-order chi connectivity index (χ0) is 24.0. The first-order valence-electron chi connectivity index (χ1n) is 13.0. The Balaban J connectivity index is 0.00000304. The Kier molecular flexibility index (Phi) is 9.19.